The molecule has 0 saturated heterocycles. The van der Waals surface area contributed by atoms with Crippen molar-refractivity contribution in [3.05, 3.63) is 17.1 Å². The Morgan fingerprint density at radius 2 is 2.20 bits per heavy atom. The summed E-state index contributed by atoms with van der Waals surface area (Å²) in [5.41, 5.74) is 8.02. The summed E-state index contributed by atoms with van der Waals surface area (Å²) in [4.78, 5) is 9.00. The van der Waals surface area contributed by atoms with Gasteiger partial charge in [-0.05, 0) is 12.3 Å². The number of nitrogens with zero attached hydrogens (tertiary/aromatic N) is 2. The Kier molecular flexibility index (Phi) is 1.92. The van der Waals surface area contributed by atoms with Gasteiger partial charge < -0.3 is 10.5 Å². The normalized spacial score (nSPS) is 28.6. The molecule has 4 heteroatoms. The van der Waals surface area contributed by atoms with Gasteiger partial charge in [0.2, 0.25) is 0 Å². The summed E-state index contributed by atoms with van der Waals surface area (Å²) in [6, 6.07) is 0. The lowest BCUT2D eigenvalue weighted by Gasteiger charge is -2.17. The largest absolute Gasteiger partial charge is 0.383 e. The molecule has 2 aliphatic rings. The highest BCUT2D eigenvalue weighted by molar-refractivity contribution is 5.43. The van der Waals surface area contributed by atoms with E-state index < -0.39 is 0 Å². The lowest BCUT2D eigenvalue weighted by molar-refractivity contribution is 0.109. The minimum atomic E-state index is 0.542. The first-order chi connectivity index (χ1) is 7.25. The molecule has 1 fully saturated rings. The van der Waals surface area contributed by atoms with Gasteiger partial charge in [0.1, 0.15) is 11.6 Å². The Morgan fingerprint density at radius 3 is 2.93 bits per heavy atom. The molecule has 0 spiro atoms. The van der Waals surface area contributed by atoms with E-state index >= 15 is 0 Å². The number of nitrogen functional groups attached to an aromatic ring is 1. The van der Waals surface area contributed by atoms with Crippen LogP contribution in [0.3, 0.4) is 0 Å². The average Bonchev–Trinajstić information content (AvgIpc) is 2.96. The van der Waals surface area contributed by atoms with E-state index in [9.17, 15) is 0 Å². The molecule has 2 unspecified atom stereocenters. The lowest BCUT2D eigenvalue weighted by Crippen LogP contribution is -2.17. The Labute approximate surface area is 88.9 Å². The second-order valence-corrected chi connectivity index (χ2v) is 4.51. The molecule has 3 rings (SSSR count). The molecule has 0 bridgehead atoms. The second-order valence-electron chi connectivity index (χ2n) is 4.51. The van der Waals surface area contributed by atoms with Gasteiger partial charge in [0.25, 0.3) is 0 Å². The standard InChI is InChI=1S/C11H15N3O/c1-6-4-7(6)11-13-9-2-3-15-5-8(9)10(12)14-11/h6-7H,2-5H2,1H3,(H2,12,13,14). The van der Waals surface area contributed by atoms with E-state index in [2.05, 4.69) is 16.9 Å². The van der Waals surface area contributed by atoms with Crippen molar-refractivity contribution >= 4 is 5.82 Å². The Morgan fingerprint density at radius 1 is 1.40 bits per heavy atom. The topological polar surface area (TPSA) is 61.0 Å². The number of rotatable bonds is 1. The Hall–Kier alpha value is -1.16. The van der Waals surface area contributed by atoms with Crippen molar-refractivity contribution in [3.63, 3.8) is 0 Å². The van der Waals surface area contributed by atoms with E-state index in [4.69, 9.17) is 10.5 Å². The minimum Gasteiger partial charge on any atom is -0.383 e. The summed E-state index contributed by atoms with van der Waals surface area (Å²) >= 11 is 0. The van der Waals surface area contributed by atoms with Crippen molar-refractivity contribution in [3.8, 4) is 0 Å². The molecule has 0 radical (unpaired) electrons. The van der Waals surface area contributed by atoms with Gasteiger partial charge in [-0.3, -0.25) is 0 Å². The predicted molar refractivity (Wildman–Crippen MR) is 56.3 cm³/mol. The molecule has 0 amide bonds. The zero-order valence-electron chi connectivity index (χ0n) is 8.86. The third-order valence-electron chi connectivity index (χ3n) is 3.31. The highest BCUT2D eigenvalue weighted by Crippen LogP contribution is 2.45. The van der Waals surface area contributed by atoms with Crippen molar-refractivity contribution in [1.29, 1.82) is 0 Å². The van der Waals surface area contributed by atoms with Crippen LogP contribution in [0.25, 0.3) is 0 Å². The van der Waals surface area contributed by atoms with Crippen LogP contribution in [0.5, 0.6) is 0 Å². The second kappa shape index (κ2) is 3.17. The summed E-state index contributed by atoms with van der Waals surface area (Å²) in [5, 5.41) is 0. The van der Waals surface area contributed by atoms with Crippen molar-refractivity contribution in [2.75, 3.05) is 12.3 Å². The molecule has 80 valence electrons. The van der Waals surface area contributed by atoms with Gasteiger partial charge in [-0.1, -0.05) is 6.92 Å². The maximum atomic E-state index is 5.92. The molecule has 1 aliphatic heterocycles. The number of hydrogen-bond acceptors (Lipinski definition) is 4. The molecule has 1 saturated carbocycles. The fourth-order valence-electron chi connectivity index (χ4n) is 2.12. The Balaban J connectivity index is 2.01. The zero-order chi connectivity index (χ0) is 10.4. The lowest BCUT2D eigenvalue weighted by atomic mass is 10.1. The number of fused-ring (bicyclic) bond motifs is 1. The van der Waals surface area contributed by atoms with E-state index in [0.717, 1.165) is 36.0 Å². The van der Waals surface area contributed by atoms with E-state index in [1.54, 1.807) is 0 Å². The van der Waals surface area contributed by atoms with Crippen molar-refractivity contribution < 1.29 is 4.74 Å². The predicted octanol–water partition coefficient (Wildman–Crippen LogP) is 1.25. The van der Waals surface area contributed by atoms with Crippen LogP contribution in [0, 0.1) is 5.92 Å². The maximum Gasteiger partial charge on any atom is 0.134 e. The van der Waals surface area contributed by atoms with Crippen molar-refractivity contribution in [1.82, 2.24) is 9.97 Å². The van der Waals surface area contributed by atoms with E-state index in [1.807, 2.05) is 0 Å². The van der Waals surface area contributed by atoms with Crippen LogP contribution in [0.4, 0.5) is 5.82 Å². The molecule has 4 nitrogen and oxygen atoms in total. The first-order valence-electron chi connectivity index (χ1n) is 5.48. The molecule has 2 N–H and O–H groups in total. The SMILES string of the molecule is CC1CC1c1nc(N)c2c(n1)CCOC2. The van der Waals surface area contributed by atoms with Crippen LogP contribution in [0.2, 0.25) is 0 Å². The molecule has 0 aromatic carbocycles. The maximum absolute atomic E-state index is 5.92. The molecule has 1 aromatic rings. The zero-order valence-corrected chi connectivity index (χ0v) is 8.86. The van der Waals surface area contributed by atoms with E-state index in [1.165, 1.54) is 6.42 Å². The van der Waals surface area contributed by atoms with Gasteiger partial charge in [0.15, 0.2) is 0 Å². The first-order valence-corrected chi connectivity index (χ1v) is 5.48. The van der Waals surface area contributed by atoms with Crippen LogP contribution in [-0.2, 0) is 17.8 Å². The highest BCUT2D eigenvalue weighted by atomic mass is 16.5. The number of hydrogen-bond donors (Lipinski definition) is 1. The highest BCUT2D eigenvalue weighted by Gasteiger charge is 2.37. The fraction of sp³-hybridized carbons (Fsp3) is 0.636. The van der Waals surface area contributed by atoms with Gasteiger partial charge in [0.05, 0.1) is 18.9 Å². The summed E-state index contributed by atoms with van der Waals surface area (Å²) < 4.78 is 5.35. The van der Waals surface area contributed by atoms with Crippen molar-refractivity contribution in [2.45, 2.75) is 32.3 Å². The Bertz CT molecular complexity index is 405. The van der Waals surface area contributed by atoms with Crippen LogP contribution in [-0.4, -0.2) is 16.6 Å². The van der Waals surface area contributed by atoms with Gasteiger partial charge in [-0.15, -0.1) is 0 Å². The van der Waals surface area contributed by atoms with E-state index in [0.29, 0.717) is 18.3 Å². The third kappa shape index (κ3) is 1.49. The van der Waals surface area contributed by atoms with Crippen LogP contribution in [0.15, 0.2) is 0 Å². The number of ether oxygens (including phenoxy) is 1. The fourth-order valence-corrected chi connectivity index (χ4v) is 2.12. The van der Waals surface area contributed by atoms with Gasteiger partial charge in [0, 0.05) is 17.9 Å². The molecule has 1 aliphatic carbocycles. The van der Waals surface area contributed by atoms with E-state index in [-0.39, 0.29) is 0 Å². The molecule has 2 heterocycles. The van der Waals surface area contributed by atoms with Crippen LogP contribution < -0.4 is 5.73 Å². The molecular weight excluding hydrogens is 190 g/mol. The van der Waals surface area contributed by atoms with Gasteiger partial charge in [-0.25, -0.2) is 9.97 Å². The third-order valence-corrected chi connectivity index (χ3v) is 3.31. The van der Waals surface area contributed by atoms with Gasteiger partial charge in [-0.2, -0.15) is 0 Å². The molecular formula is C11H15N3O. The van der Waals surface area contributed by atoms with Gasteiger partial charge >= 0.3 is 0 Å². The summed E-state index contributed by atoms with van der Waals surface area (Å²) in [5.74, 6) is 2.83. The molecule has 15 heavy (non-hydrogen) atoms. The smallest absolute Gasteiger partial charge is 0.134 e. The summed E-state index contributed by atoms with van der Waals surface area (Å²) in [7, 11) is 0. The first kappa shape index (κ1) is 9.09. The monoisotopic (exact) mass is 205 g/mol. The number of anilines is 1. The molecule has 2 atom stereocenters. The number of aromatic nitrogens is 2. The molecule has 1 aromatic heterocycles. The minimum absolute atomic E-state index is 0.542. The summed E-state index contributed by atoms with van der Waals surface area (Å²) in [6.07, 6.45) is 2.07. The number of nitrogens with two attached hydrogens (primary N) is 1. The average molecular weight is 205 g/mol. The van der Waals surface area contributed by atoms with Crippen LogP contribution in [0.1, 0.15) is 36.3 Å². The van der Waals surface area contributed by atoms with Crippen LogP contribution >= 0.6 is 0 Å². The quantitative estimate of drug-likeness (QED) is 0.749. The summed E-state index contributed by atoms with van der Waals surface area (Å²) in [6.45, 7) is 3.55. The van der Waals surface area contributed by atoms with Crippen molar-refractivity contribution in [2.24, 2.45) is 5.92 Å².